The summed E-state index contributed by atoms with van der Waals surface area (Å²) in [5.74, 6) is 1.65. The zero-order valence-electron chi connectivity index (χ0n) is 14.5. The number of nitrogens with zero attached hydrogens (tertiary/aromatic N) is 2. The third-order valence-electron chi connectivity index (χ3n) is 4.46. The monoisotopic (exact) mass is 348 g/mol. The first-order valence-electron chi connectivity index (χ1n) is 8.57. The van der Waals surface area contributed by atoms with Crippen molar-refractivity contribution in [2.45, 2.75) is 13.1 Å². The third-order valence-corrected chi connectivity index (χ3v) is 4.46. The summed E-state index contributed by atoms with van der Waals surface area (Å²) in [5.41, 5.74) is 3.43. The van der Waals surface area contributed by atoms with Gasteiger partial charge in [-0.15, -0.1) is 0 Å². The smallest absolute Gasteiger partial charge is 0.337 e. The lowest BCUT2D eigenvalue weighted by molar-refractivity contribution is 0.0601. The van der Waals surface area contributed by atoms with Crippen LogP contribution in [-0.4, -0.2) is 29.2 Å². The fraction of sp³-hybridized carbons (Fsp3) is 0.200. The summed E-state index contributed by atoms with van der Waals surface area (Å²) in [6.45, 7) is 2.52. The van der Waals surface area contributed by atoms with E-state index in [1.54, 1.807) is 12.1 Å². The van der Waals surface area contributed by atoms with Crippen molar-refractivity contribution in [1.29, 1.82) is 0 Å². The molecule has 2 N–H and O–H groups in total. The highest BCUT2D eigenvalue weighted by Gasteiger charge is 2.20. The highest BCUT2D eigenvalue weighted by Crippen LogP contribution is 2.32. The normalized spacial score (nSPS) is 13.1. The number of anilines is 2. The van der Waals surface area contributed by atoms with Gasteiger partial charge in [-0.05, 0) is 24.3 Å². The van der Waals surface area contributed by atoms with Crippen molar-refractivity contribution in [2.75, 3.05) is 19.0 Å². The second kappa shape index (κ2) is 7.01. The van der Waals surface area contributed by atoms with Crippen LogP contribution >= 0.6 is 0 Å². The van der Waals surface area contributed by atoms with E-state index < -0.39 is 0 Å². The Labute approximate surface area is 151 Å². The van der Waals surface area contributed by atoms with Gasteiger partial charge < -0.3 is 19.9 Å². The molecule has 0 spiro atoms. The molecule has 26 heavy (non-hydrogen) atoms. The first-order chi connectivity index (χ1) is 12.8. The molecule has 0 bridgehead atoms. The molecule has 6 heteroatoms. The van der Waals surface area contributed by atoms with Crippen LogP contribution in [0, 0.1) is 0 Å². The van der Waals surface area contributed by atoms with Crippen molar-refractivity contribution in [3.05, 3.63) is 66.0 Å². The first-order valence-corrected chi connectivity index (χ1v) is 8.57. The lowest BCUT2D eigenvalue weighted by atomic mass is 10.1. The average Bonchev–Trinajstić information content (AvgIpc) is 3.07. The molecule has 0 fully saturated rings. The van der Waals surface area contributed by atoms with Gasteiger partial charge in [0.25, 0.3) is 0 Å². The fourth-order valence-electron chi connectivity index (χ4n) is 3.13. The number of nitrogens with one attached hydrogen (secondary N) is 2. The van der Waals surface area contributed by atoms with Gasteiger partial charge >= 0.3 is 5.97 Å². The zero-order chi connectivity index (χ0) is 17.9. The molecule has 0 atom stereocenters. The van der Waals surface area contributed by atoms with Crippen LogP contribution in [0.3, 0.4) is 0 Å². The molecule has 4 rings (SSSR count). The maximum Gasteiger partial charge on any atom is 0.337 e. The number of carbonyl (C=O) groups excluding carboxylic acids is 1. The van der Waals surface area contributed by atoms with Crippen LogP contribution < -0.4 is 10.6 Å². The Morgan fingerprint density at radius 2 is 1.92 bits per heavy atom. The Balaban J connectivity index is 1.71. The lowest BCUT2D eigenvalue weighted by Crippen LogP contribution is -2.28. The maximum absolute atomic E-state index is 11.6. The van der Waals surface area contributed by atoms with Crippen LogP contribution in [0.15, 0.2) is 54.6 Å². The Morgan fingerprint density at radius 3 is 2.65 bits per heavy atom. The molecule has 3 aromatic rings. The minimum atomic E-state index is -0.339. The summed E-state index contributed by atoms with van der Waals surface area (Å²) in [7, 11) is 1.38. The Kier molecular flexibility index (Phi) is 4.41. The number of methoxy groups -OCH3 is 1. The molecule has 0 saturated carbocycles. The van der Waals surface area contributed by atoms with Gasteiger partial charge in [-0.2, -0.15) is 0 Å². The van der Waals surface area contributed by atoms with Gasteiger partial charge in [0.05, 0.1) is 19.2 Å². The quantitative estimate of drug-likeness (QED) is 0.709. The summed E-state index contributed by atoms with van der Waals surface area (Å²) in [6, 6.07) is 17.4. The van der Waals surface area contributed by atoms with E-state index >= 15 is 0 Å². The molecule has 0 amide bonds. The molecule has 6 nitrogen and oxygen atoms in total. The summed E-state index contributed by atoms with van der Waals surface area (Å²) in [6.07, 6.45) is 0. The SMILES string of the molecule is COC(=O)c1ccc(Nc2c(-c3ccccc3)nc3n2CCNC3)cc1. The number of aromatic nitrogens is 2. The molecule has 1 aliphatic heterocycles. The molecule has 132 valence electrons. The fourth-order valence-corrected chi connectivity index (χ4v) is 3.13. The molecule has 1 aliphatic rings. The number of carbonyl (C=O) groups is 1. The Morgan fingerprint density at radius 1 is 1.15 bits per heavy atom. The number of imidazole rings is 1. The predicted octanol–water partition coefficient (Wildman–Crippen LogP) is 3.18. The highest BCUT2D eigenvalue weighted by atomic mass is 16.5. The minimum absolute atomic E-state index is 0.339. The zero-order valence-corrected chi connectivity index (χ0v) is 14.5. The van der Waals surface area contributed by atoms with Crippen molar-refractivity contribution >= 4 is 17.5 Å². The van der Waals surface area contributed by atoms with Gasteiger partial charge in [0.1, 0.15) is 17.3 Å². The van der Waals surface area contributed by atoms with Crippen molar-refractivity contribution in [1.82, 2.24) is 14.9 Å². The van der Waals surface area contributed by atoms with Crippen molar-refractivity contribution in [2.24, 2.45) is 0 Å². The van der Waals surface area contributed by atoms with Crippen LogP contribution in [0.1, 0.15) is 16.2 Å². The standard InChI is InChI=1S/C20H20N4O2/c1-26-20(25)15-7-9-16(10-8-15)22-19-18(14-5-3-2-4-6-14)23-17-13-21-11-12-24(17)19/h2-10,21-22H,11-13H2,1H3. The first kappa shape index (κ1) is 16.4. The number of hydrogen-bond donors (Lipinski definition) is 2. The second-order valence-electron chi connectivity index (χ2n) is 6.11. The lowest BCUT2D eigenvalue weighted by Gasteiger charge is -2.18. The largest absolute Gasteiger partial charge is 0.465 e. The number of ether oxygens (including phenoxy) is 1. The second-order valence-corrected chi connectivity index (χ2v) is 6.11. The Bertz CT molecular complexity index is 917. The van der Waals surface area contributed by atoms with E-state index in [1.807, 2.05) is 30.3 Å². The number of benzene rings is 2. The van der Waals surface area contributed by atoms with E-state index in [9.17, 15) is 4.79 Å². The molecule has 0 aliphatic carbocycles. The van der Waals surface area contributed by atoms with E-state index in [0.717, 1.165) is 48.2 Å². The van der Waals surface area contributed by atoms with E-state index in [1.165, 1.54) is 7.11 Å². The van der Waals surface area contributed by atoms with Gasteiger partial charge in [-0.1, -0.05) is 30.3 Å². The molecule has 2 heterocycles. The van der Waals surface area contributed by atoms with Crippen LogP contribution in [-0.2, 0) is 17.8 Å². The average molecular weight is 348 g/mol. The van der Waals surface area contributed by atoms with Gasteiger partial charge in [0.2, 0.25) is 0 Å². The van der Waals surface area contributed by atoms with E-state index in [0.29, 0.717) is 5.56 Å². The van der Waals surface area contributed by atoms with Crippen LogP contribution in [0.2, 0.25) is 0 Å². The molecule has 0 saturated heterocycles. The number of rotatable bonds is 4. The number of hydrogen-bond acceptors (Lipinski definition) is 5. The van der Waals surface area contributed by atoms with Crippen molar-refractivity contribution < 1.29 is 9.53 Å². The molecule has 2 aromatic carbocycles. The third kappa shape index (κ3) is 3.07. The summed E-state index contributed by atoms with van der Waals surface area (Å²) in [4.78, 5) is 16.4. The van der Waals surface area contributed by atoms with E-state index in [2.05, 4.69) is 27.3 Å². The van der Waals surface area contributed by atoms with Gasteiger partial charge in [-0.3, -0.25) is 0 Å². The van der Waals surface area contributed by atoms with Crippen molar-refractivity contribution in [3.8, 4) is 11.3 Å². The molecular formula is C20H20N4O2. The minimum Gasteiger partial charge on any atom is -0.465 e. The predicted molar refractivity (Wildman–Crippen MR) is 100 cm³/mol. The van der Waals surface area contributed by atoms with Gasteiger partial charge in [0, 0.05) is 24.3 Å². The van der Waals surface area contributed by atoms with Gasteiger partial charge in [0.15, 0.2) is 0 Å². The van der Waals surface area contributed by atoms with Crippen LogP contribution in [0.4, 0.5) is 11.5 Å². The van der Waals surface area contributed by atoms with Crippen molar-refractivity contribution in [3.63, 3.8) is 0 Å². The van der Waals surface area contributed by atoms with E-state index in [4.69, 9.17) is 9.72 Å². The summed E-state index contributed by atoms with van der Waals surface area (Å²) < 4.78 is 6.97. The summed E-state index contributed by atoms with van der Waals surface area (Å²) >= 11 is 0. The molecule has 0 unspecified atom stereocenters. The van der Waals surface area contributed by atoms with Crippen LogP contribution in [0.25, 0.3) is 11.3 Å². The maximum atomic E-state index is 11.6. The van der Waals surface area contributed by atoms with E-state index in [-0.39, 0.29) is 5.97 Å². The number of fused-ring (bicyclic) bond motifs is 1. The van der Waals surface area contributed by atoms with Crippen LogP contribution in [0.5, 0.6) is 0 Å². The Hall–Kier alpha value is -3.12. The summed E-state index contributed by atoms with van der Waals surface area (Å²) in [5, 5.41) is 6.84. The molecular weight excluding hydrogens is 328 g/mol. The topological polar surface area (TPSA) is 68.2 Å². The van der Waals surface area contributed by atoms with Gasteiger partial charge in [-0.25, -0.2) is 9.78 Å². The molecule has 1 aromatic heterocycles. The molecule has 0 radical (unpaired) electrons. The number of esters is 1. The highest BCUT2D eigenvalue weighted by molar-refractivity contribution is 5.90.